The average Bonchev–Trinajstić information content (AvgIpc) is 3.13. The first kappa shape index (κ1) is 14.0. The van der Waals surface area contributed by atoms with Crippen molar-refractivity contribution in [2.45, 2.75) is 51.6 Å². The lowest BCUT2D eigenvalue weighted by molar-refractivity contribution is -0.143. The molecule has 1 atom stereocenters. The van der Waals surface area contributed by atoms with Crippen molar-refractivity contribution in [3.8, 4) is 0 Å². The lowest BCUT2D eigenvalue weighted by Crippen LogP contribution is -2.38. The van der Waals surface area contributed by atoms with E-state index in [9.17, 15) is 4.79 Å². The number of esters is 1. The molecular weight excluding hydrogens is 246 g/mol. The van der Waals surface area contributed by atoms with Gasteiger partial charge in [-0.1, -0.05) is 19.0 Å². The number of carbonyl (C=O) groups excluding carboxylic acids is 1. The smallest absolute Gasteiger partial charge is 0.322 e. The first-order chi connectivity index (χ1) is 9.10. The van der Waals surface area contributed by atoms with Crippen LogP contribution in [0, 0.1) is 5.92 Å². The molecule has 0 bridgehead atoms. The van der Waals surface area contributed by atoms with Gasteiger partial charge in [-0.3, -0.25) is 10.1 Å². The Morgan fingerprint density at radius 3 is 2.84 bits per heavy atom. The number of aromatic nitrogens is 2. The van der Waals surface area contributed by atoms with Crippen LogP contribution in [0.2, 0.25) is 0 Å². The molecule has 1 fully saturated rings. The summed E-state index contributed by atoms with van der Waals surface area (Å²) < 4.78 is 9.96. The van der Waals surface area contributed by atoms with Gasteiger partial charge < -0.3 is 9.26 Å². The van der Waals surface area contributed by atoms with Crippen LogP contribution in [0.5, 0.6) is 0 Å². The van der Waals surface area contributed by atoms with E-state index in [1.165, 1.54) is 7.11 Å². The molecule has 1 N–H and O–H groups in total. The maximum atomic E-state index is 11.6. The van der Waals surface area contributed by atoms with Gasteiger partial charge in [0.25, 0.3) is 0 Å². The molecule has 1 aromatic heterocycles. The summed E-state index contributed by atoms with van der Waals surface area (Å²) in [6, 6.07) is -0.326. The fourth-order valence-electron chi connectivity index (χ4n) is 1.93. The minimum atomic E-state index is -0.326. The molecule has 19 heavy (non-hydrogen) atoms. The molecule has 6 heteroatoms. The normalized spacial score (nSPS) is 16.6. The maximum absolute atomic E-state index is 11.6. The van der Waals surface area contributed by atoms with Crippen molar-refractivity contribution in [2.24, 2.45) is 5.92 Å². The van der Waals surface area contributed by atoms with Crippen LogP contribution in [-0.4, -0.2) is 29.3 Å². The Morgan fingerprint density at radius 1 is 1.53 bits per heavy atom. The predicted octanol–water partition coefficient (Wildman–Crippen LogP) is 1.62. The zero-order valence-electron chi connectivity index (χ0n) is 11.7. The molecule has 1 aliphatic rings. The van der Waals surface area contributed by atoms with Crippen LogP contribution in [0.4, 0.5) is 0 Å². The van der Waals surface area contributed by atoms with Gasteiger partial charge in [0.05, 0.1) is 13.7 Å². The van der Waals surface area contributed by atoms with Crippen molar-refractivity contribution in [2.75, 3.05) is 7.11 Å². The molecule has 1 saturated carbocycles. The molecule has 0 aromatic carbocycles. The van der Waals surface area contributed by atoms with Crippen molar-refractivity contribution >= 4 is 5.97 Å². The zero-order chi connectivity index (χ0) is 13.8. The molecule has 2 rings (SSSR count). The molecule has 6 nitrogen and oxygen atoms in total. The Labute approximate surface area is 112 Å². The third-order valence-electron chi connectivity index (χ3n) is 3.11. The Hall–Kier alpha value is -1.43. The van der Waals surface area contributed by atoms with Gasteiger partial charge in [-0.05, 0) is 25.2 Å². The summed E-state index contributed by atoms with van der Waals surface area (Å²) in [5, 5.41) is 7.04. The molecule has 0 amide bonds. The van der Waals surface area contributed by atoms with Crippen LogP contribution in [0.15, 0.2) is 4.52 Å². The minimum Gasteiger partial charge on any atom is -0.468 e. The Bertz CT molecular complexity index is 427. The second kappa shape index (κ2) is 6.14. The van der Waals surface area contributed by atoms with E-state index < -0.39 is 0 Å². The van der Waals surface area contributed by atoms with Crippen molar-refractivity contribution < 1.29 is 14.1 Å². The number of rotatable bonds is 7. The molecule has 0 aliphatic heterocycles. The van der Waals surface area contributed by atoms with Crippen LogP contribution < -0.4 is 5.32 Å². The van der Waals surface area contributed by atoms with Crippen molar-refractivity contribution in [3.05, 3.63) is 11.7 Å². The zero-order valence-corrected chi connectivity index (χ0v) is 11.7. The van der Waals surface area contributed by atoms with Crippen LogP contribution in [0.3, 0.4) is 0 Å². The number of methoxy groups -OCH3 is 1. The Kier molecular flexibility index (Phi) is 4.52. The van der Waals surface area contributed by atoms with Crippen LogP contribution in [-0.2, 0) is 16.1 Å². The second-order valence-electron chi connectivity index (χ2n) is 5.41. The van der Waals surface area contributed by atoms with Gasteiger partial charge in [-0.25, -0.2) is 0 Å². The van der Waals surface area contributed by atoms with E-state index in [4.69, 9.17) is 9.26 Å². The summed E-state index contributed by atoms with van der Waals surface area (Å²) in [6.45, 7) is 4.55. The van der Waals surface area contributed by atoms with E-state index in [2.05, 4.69) is 29.3 Å². The monoisotopic (exact) mass is 267 g/mol. The van der Waals surface area contributed by atoms with Gasteiger partial charge in [-0.2, -0.15) is 4.98 Å². The summed E-state index contributed by atoms with van der Waals surface area (Å²) in [6.07, 6.45) is 2.99. The van der Waals surface area contributed by atoms with Crippen molar-refractivity contribution in [1.29, 1.82) is 0 Å². The molecular formula is C13H21N3O3. The molecule has 106 valence electrons. The summed E-state index contributed by atoms with van der Waals surface area (Å²) in [4.78, 5) is 16.0. The maximum Gasteiger partial charge on any atom is 0.322 e. The summed E-state index contributed by atoms with van der Waals surface area (Å²) in [5.41, 5.74) is 0. The fraction of sp³-hybridized carbons (Fsp3) is 0.769. The van der Waals surface area contributed by atoms with Gasteiger partial charge in [0.2, 0.25) is 5.89 Å². The number of carbonyl (C=O) groups is 1. The van der Waals surface area contributed by atoms with Crippen LogP contribution in [0.25, 0.3) is 0 Å². The number of nitrogens with zero attached hydrogens (tertiary/aromatic N) is 2. The highest BCUT2D eigenvalue weighted by Gasteiger charge is 2.29. The molecule has 1 unspecified atom stereocenters. The topological polar surface area (TPSA) is 77.2 Å². The molecule has 1 aliphatic carbocycles. The standard InChI is InChI=1S/C13H21N3O3/c1-8(2)6-10(13(17)18-3)14-7-11-15-12(19-16-11)9-4-5-9/h8-10,14H,4-7H2,1-3H3. The van der Waals surface area contributed by atoms with E-state index in [-0.39, 0.29) is 12.0 Å². The van der Waals surface area contributed by atoms with Gasteiger partial charge in [0, 0.05) is 5.92 Å². The fourth-order valence-corrected chi connectivity index (χ4v) is 1.93. The van der Waals surface area contributed by atoms with Gasteiger partial charge in [0.15, 0.2) is 5.82 Å². The predicted molar refractivity (Wildman–Crippen MR) is 68.4 cm³/mol. The van der Waals surface area contributed by atoms with Crippen LogP contribution in [0.1, 0.15) is 50.7 Å². The van der Waals surface area contributed by atoms with Crippen LogP contribution >= 0.6 is 0 Å². The largest absolute Gasteiger partial charge is 0.468 e. The van der Waals surface area contributed by atoms with Crippen molar-refractivity contribution in [3.63, 3.8) is 0 Å². The van der Waals surface area contributed by atoms with Gasteiger partial charge >= 0.3 is 5.97 Å². The molecule has 0 saturated heterocycles. The van der Waals surface area contributed by atoms with Crippen molar-refractivity contribution in [1.82, 2.24) is 15.5 Å². The number of hydrogen-bond donors (Lipinski definition) is 1. The SMILES string of the molecule is COC(=O)C(CC(C)C)NCc1noc(C2CC2)n1. The minimum absolute atomic E-state index is 0.250. The molecule has 1 heterocycles. The lowest BCUT2D eigenvalue weighted by atomic mass is 10.0. The lowest BCUT2D eigenvalue weighted by Gasteiger charge is -2.17. The first-order valence-corrected chi connectivity index (χ1v) is 6.73. The number of hydrogen-bond acceptors (Lipinski definition) is 6. The highest BCUT2D eigenvalue weighted by molar-refractivity contribution is 5.75. The Balaban J connectivity index is 1.87. The van der Waals surface area contributed by atoms with E-state index in [0.29, 0.717) is 24.2 Å². The van der Waals surface area contributed by atoms with Gasteiger partial charge in [0.1, 0.15) is 6.04 Å². The molecule has 0 spiro atoms. The van der Waals surface area contributed by atoms with E-state index in [0.717, 1.165) is 25.2 Å². The molecule has 1 aromatic rings. The third-order valence-corrected chi connectivity index (χ3v) is 3.11. The van der Waals surface area contributed by atoms with Gasteiger partial charge in [-0.15, -0.1) is 0 Å². The molecule has 0 radical (unpaired) electrons. The highest BCUT2D eigenvalue weighted by atomic mass is 16.5. The Morgan fingerprint density at radius 2 is 2.26 bits per heavy atom. The highest BCUT2D eigenvalue weighted by Crippen LogP contribution is 2.38. The summed E-state index contributed by atoms with van der Waals surface area (Å²) in [7, 11) is 1.40. The van der Waals surface area contributed by atoms with E-state index in [1.54, 1.807) is 0 Å². The quantitative estimate of drug-likeness (QED) is 0.756. The third kappa shape index (κ3) is 4.02. The second-order valence-corrected chi connectivity index (χ2v) is 5.41. The van der Waals surface area contributed by atoms with E-state index >= 15 is 0 Å². The number of nitrogens with one attached hydrogen (secondary N) is 1. The average molecular weight is 267 g/mol. The first-order valence-electron chi connectivity index (χ1n) is 6.73. The summed E-state index contributed by atoms with van der Waals surface area (Å²) in [5.74, 6) is 1.92. The number of ether oxygens (including phenoxy) is 1. The summed E-state index contributed by atoms with van der Waals surface area (Å²) >= 11 is 0. The van der Waals surface area contributed by atoms with E-state index in [1.807, 2.05) is 0 Å².